The quantitative estimate of drug-likeness (QED) is 0.774. The van der Waals surface area contributed by atoms with Crippen LogP contribution in [0, 0.1) is 0 Å². The van der Waals surface area contributed by atoms with Crippen molar-refractivity contribution in [1.82, 2.24) is 0 Å². The van der Waals surface area contributed by atoms with Gasteiger partial charge in [-0.2, -0.15) is 0 Å². The second-order valence-electron chi connectivity index (χ2n) is 2.76. The number of hydrogen-bond donors (Lipinski definition) is 1. The number of benzene rings is 1. The highest BCUT2D eigenvalue weighted by atomic mass is 16.5. The molecule has 3 heteroatoms. The summed E-state index contributed by atoms with van der Waals surface area (Å²) in [7, 11) is 3.13. The Hall–Kier alpha value is -1.22. The molecule has 0 fully saturated rings. The van der Waals surface area contributed by atoms with Gasteiger partial charge in [0.1, 0.15) is 0 Å². The Labute approximate surface area is 77.9 Å². The van der Waals surface area contributed by atoms with E-state index in [1.54, 1.807) is 27.2 Å². The van der Waals surface area contributed by atoms with E-state index in [1.807, 2.05) is 12.1 Å². The number of methoxy groups -OCH3 is 2. The summed E-state index contributed by atoms with van der Waals surface area (Å²) in [6.45, 7) is 1.69. The van der Waals surface area contributed by atoms with Crippen LogP contribution in [0.4, 0.5) is 0 Å². The van der Waals surface area contributed by atoms with Gasteiger partial charge in [0.05, 0.1) is 20.3 Å². The van der Waals surface area contributed by atoms with Crippen LogP contribution in [0.5, 0.6) is 11.5 Å². The van der Waals surface area contributed by atoms with Gasteiger partial charge in [-0.1, -0.05) is 12.1 Å². The number of rotatable bonds is 3. The van der Waals surface area contributed by atoms with Gasteiger partial charge in [-0.05, 0) is 13.0 Å². The molecule has 0 aromatic heterocycles. The largest absolute Gasteiger partial charge is 0.493 e. The molecule has 0 aliphatic rings. The molecule has 1 atom stereocenters. The van der Waals surface area contributed by atoms with Crippen LogP contribution in [0.25, 0.3) is 0 Å². The summed E-state index contributed by atoms with van der Waals surface area (Å²) in [6, 6.07) is 5.43. The Morgan fingerprint density at radius 3 is 2.38 bits per heavy atom. The molecule has 1 aromatic carbocycles. The van der Waals surface area contributed by atoms with Crippen molar-refractivity contribution in [2.45, 2.75) is 13.0 Å². The van der Waals surface area contributed by atoms with E-state index in [0.717, 1.165) is 5.56 Å². The van der Waals surface area contributed by atoms with Crippen LogP contribution in [-0.2, 0) is 0 Å². The smallest absolute Gasteiger partial charge is 0.166 e. The second kappa shape index (κ2) is 4.14. The molecule has 0 saturated heterocycles. The zero-order valence-electron chi connectivity index (χ0n) is 8.07. The number of para-hydroxylation sites is 1. The van der Waals surface area contributed by atoms with Crippen molar-refractivity contribution in [2.24, 2.45) is 0 Å². The molecule has 1 rings (SSSR count). The summed E-state index contributed by atoms with van der Waals surface area (Å²) < 4.78 is 10.2. The maximum Gasteiger partial charge on any atom is 0.166 e. The monoisotopic (exact) mass is 182 g/mol. The van der Waals surface area contributed by atoms with E-state index in [1.165, 1.54) is 0 Å². The summed E-state index contributed by atoms with van der Waals surface area (Å²) in [5.74, 6) is 1.24. The van der Waals surface area contributed by atoms with E-state index >= 15 is 0 Å². The highest BCUT2D eigenvalue weighted by molar-refractivity contribution is 5.47. The zero-order chi connectivity index (χ0) is 9.84. The van der Waals surface area contributed by atoms with Gasteiger partial charge in [0.25, 0.3) is 0 Å². The molecule has 0 radical (unpaired) electrons. The van der Waals surface area contributed by atoms with Crippen molar-refractivity contribution in [3.63, 3.8) is 0 Å². The first-order chi connectivity index (χ1) is 6.20. The van der Waals surface area contributed by atoms with Gasteiger partial charge in [-0.15, -0.1) is 0 Å². The van der Waals surface area contributed by atoms with Crippen LogP contribution < -0.4 is 9.47 Å². The lowest BCUT2D eigenvalue weighted by atomic mass is 10.1. The van der Waals surface area contributed by atoms with Crippen molar-refractivity contribution in [1.29, 1.82) is 0 Å². The third-order valence-electron chi connectivity index (χ3n) is 1.88. The Kier molecular flexibility index (Phi) is 3.14. The van der Waals surface area contributed by atoms with Crippen LogP contribution in [-0.4, -0.2) is 19.3 Å². The molecule has 0 saturated carbocycles. The fraction of sp³-hybridized carbons (Fsp3) is 0.400. The fourth-order valence-corrected chi connectivity index (χ4v) is 1.24. The minimum absolute atomic E-state index is 0.551. The first-order valence-corrected chi connectivity index (χ1v) is 4.09. The molecule has 0 unspecified atom stereocenters. The summed E-state index contributed by atoms with van der Waals surface area (Å²) in [6.07, 6.45) is -0.551. The summed E-state index contributed by atoms with van der Waals surface area (Å²) in [4.78, 5) is 0. The van der Waals surface area contributed by atoms with Crippen molar-refractivity contribution in [3.05, 3.63) is 23.8 Å². The standard InChI is InChI=1S/C10H14O3/c1-7(11)8-5-4-6-9(12-2)10(8)13-3/h4-7,11H,1-3H3/t7-/m1/s1. The fourth-order valence-electron chi connectivity index (χ4n) is 1.24. The summed E-state index contributed by atoms with van der Waals surface area (Å²) >= 11 is 0. The number of aliphatic hydroxyl groups excluding tert-OH is 1. The molecule has 0 amide bonds. The lowest BCUT2D eigenvalue weighted by Gasteiger charge is -2.13. The minimum Gasteiger partial charge on any atom is -0.493 e. The molecular formula is C10H14O3. The maximum atomic E-state index is 9.42. The maximum absolute atomic E-state index is 9.42. The van der Waals surface area contributed by atoms with E-state index < -0.39 is 6.10 Å². The highest BCUT2D eigenvalue weighted by Gasteiger charge is 2.12. The number of aliphatic hydroxyl groups is 1. The number of ether oxygens (including phenoxy) is 2. The van der Waals surface area contributed by atoms with Gasteiger partial charge in [-0.25, -0.2) is 0 Å². The van der Waals surface area contributed by atoms with Crippen LogP contribution in [0.15, 0.2) is 18.2 Å². The van der Waals surface area contributed by atoms with Gasteiger partial charge < -0.3 is 14.6 Å². The normalized spacial score (nSPS) is 12.3. The molecule has 0 aliphatic carbocycles. The Morgan fingerprint density at radius 1 is 1.23 bits per heavy atom. The predicted octanol–water partition coefficient (Wildman–Crippen LogP) is 1.76. The minimum atomic E-state index is -0.551. The molecule has 0 spiro atoms. The molecule has 0 heterocycles. The SMILES string of the molecule is COc1cccc([C@@H](C)O)c1OC. The number of hydrogen-bond acceptors (Lipinski definition) is 3. The molecule has 72 valence electrons. The molecule has 0 aliphatic heterocycles. The highest BCUT2D eigenvalue weighted by Crippen LogP contribution is 2.34. The molecular weight excluding hydrogens is 168 g/mol. The van der Waals surface area contributed by atoms with Crippen LogP contribution in [0.1, 0.15) is 18.6 Å². The molecule has 3 nitrogen and oxygen atoms in total. The summed E-state index contributed by atoms with van der Waals surface area (Å²) in [5, 5.41) is 9.42. The molecule has 1 aromatic rings. The van der Waals surface area contributed by atoms with Crippen molar-refractivity contribution in [3.8, 4) is 11.5 Å². The van der Waals surface area contributed by atoms with Gasteiger partial charge in [0.15, 0.2) is 11.5 Å². The average Bonchev–Trinajstić information content (AvgIpc) is 2.16. The first kappa shape index (κ1) is 9.86. The Bertz CT molecular complexity index is 281. The first-order valence-electron chi connectivity index (χ1n) is 4.09. The lowest BCUT2D eigenvalue weighted by molar-refractivity contribution is 0.193. The van der Waals surface area contributed by atoms with E-state index in [0.29, 0.717) is 11.5 Å². The van der Waals surface area contributed by atoms with Gasteiger partial charge in [0, 0.05) is 5.56 Å². The third-order valence-corrected chi connectivity index (χ3v) is 1.88. The third kappa shape index (κ3) is 1.92. The molecule has 0 bridgehead atoms. The zero-order valence-corrected chi connectivity index (χ0v) is 8.07. The lowest BCUT2D eigenvalue weighted by Crippen LogP contribution is -1.98. The summed E-state index contributed by atoms with van der Waals surface area (Å²) in [5.41, 5.74) is 0.738. The van der Waals surface area contributed by atoms with Gasteiger partial charge >= 0.3 is 0 Å². The molecule has 13 heavy (non-hydrogen) atoms. The van der Waals surface area contributed by atoms with Crippen molar-refractivity contribution >= 4 is 0 Å². The van der Waals surface area contributed by atoms with Crippen molar-refractivity contribution < 1.29 is 14.6 Å². The van der Waals surface area contributed by atoms with E-state index in [-0.39, 0.29) is 0 Å². The van der Waals surface area contributed by atoms with Crippen LogP contribution in [0.2, 0.25) is 0 Å². The van der Waals surface area contributed by atoms with Crippen LogP contribution >= 0.6 is 0 Å². The topological polar surface area (TPSA) is 38.7 Å². The van der Waals surface area contributed by atoms with Crippen LogP contribution in [0.3, 0.4) is 0 Å². The second-order valence-corrected chi connectivity index (χ2v) is 2.76. The van der Waals surface area contributed by atoms with Gasteiger partial charge in [-0.3, -0.25) is 0 Å². The van der Waals surface area contributed by atoms with Crippen molar-refractivity contribution in [2.75, 3.05) is 14.2 Å². The van der Waals surface area contributed by atoms with Gasteiger partial charge in [0.2, 0.25) is 0 Å². The Balaban J connectivity index is 3.19. The van der Waals surface area contributed by atoms with E-state index in [4.69, 9.17) is 9.47 Å². The van der Waals surface area contributed by atoms with E-state index in [2.05, 4.69) is 0 Å². The molecule has 1 N–H and O–H groups in total. The predicted molar refractivity (Wildman–Crippen MR) is 50.2 cm³/mol. The average molecular weight is 182 g/mol. The Morgan fingerprint density at radius 2 is 1.92 bits per heavy atom. The van der Waals surface area contributed by atoms with E-state index in [9.17, 15) is 5.11 Å².